The highest BCUT2D eigenvalue weighted by atomic mass is 16.3. The number of phenols is 1. The van der Waals surface area contributed by atoms with Gasteiger partial charge in [-0.3, -0.25) is 4.79 Å². The third kappa shape index (κ3) is 2.29. The summed E-state index contributed by atoms with van der Waals surface area (Å²) in [6, 6.07) is 7.21. The molecule has 0 aliphatic heterocycles. The number of nitrogens with one attached hydrogen (secondary N) is 1. The molecule has 0 unspecified atom stereocenters. The highest BCUT2D eigenvalue weighted by Gasteiger charge is 1.95. The van der Waals surface area contributed by atoms with E-state index in [1.807, 2.05) is 0 Å². The molecule has 0 aromatic heterocycles. The fourth-order valence-corrected chi connectivity index (χ4v) is 0.716. The molecule has 3 nitrogen and oxygen atoms in total. The molecule has 0 atom stereocenters. The lowest BCUT2D eigenvalue weighted by molar-refractivity contribution is -0.114. The van der Waals surface area contributed by atoms with E-state index in [0.29, 0.717) is 5.69 Å². The van der Waals surface area contributed by atoms with Crippen LogP contribution in [0, 0.1) is 6.07 Å². The van der Waals surface area contributed by atoms with Gasteiger partial charge in [0.25, 0.3) is 0 Å². The number of hydrogen-bond acceptors (Lipinski definition) is 2. The fourth-order valence-electron chi connectivity index (χ4n) is 0.716. The molecule has 0 spiro atoms. The molecule has 0 heterocycles. The average Bonchev–Trinajstić information content (AvgIpc) is 1.85. The fraction of sp³-hybridized carbons (Fsp3) is 0.125. The zero-order valence-corrected chi connectivity index (χ0v) is 6.09. The van der Waals surface area contributed by atoms with Crippen LogP contribution in [-0.2, 0) is 4.79 Å². The summed E-state index contributed by atoms with van der Waals surface area (Å²) in [7, 11) is 0. The number of phenolic OH excluding ortho intramolecular Hbond substituents is 1. The molecule has 11 heavy (non-hydrogen) atoms. The van der Waals surface area contributed by atoms with Gasteiger partial charge in [-0.15, -0.1) is 0 Å². The van der Waals surface area contributed by atoms with Gasteiger partial charge in [-0.05, 0) is 12.1 Å². The van der Waals surface area contributed by atoms with Gasteiger partial charge in [0.05, 0.1) is 5.69 Å². The summed E-state index contributed by atoms with van der Waals surface area (Å²) in [4.78, 5) is 10.5. The van der Waals surface area contributed by atoms with E-state index in [-0.39, 0.29) is 11.7 Å². The van der Waals surface area contributed by atoms with Gasteiger partial charge in [-0.1, -0.05) is 0 Å². The average molecular weight is 150 g/mol. The minimum absolute atomic E-state index is 0.118. The van der Waals surface area contributed by atoms with E-state index in [1.54, 1.807) is 6.07 Å². The lowest BCUT2D eigenvalue weighted by Crippen LogP contribution is -2.05. The van der Waals surface area contributed by atoms with Crippen LogP contribution in [0.5, 0.6) is 5.75 Å². The van der Waals surface area contributed by atoms with E-state index in [1.165, 1.54) is 19.1 Å². The number of amides is 1. The topological polar surface area (TPSA) is 49.3 Å². The second-order valence-corrected chi connectivity index (χ2v) is 2.14. The maximum absolute atomic E-state index is 10.5. The van der Waals surface area contributed by atoms with E-state index in [2.05, 4.69) is 11.4 Å². The molecule has 1 aromatic rings. The van der Waals surface area contributed by atoms with Crippen molar-refractivity contribution < 1.29 is 9.90 Å². The highest BCUT2D eigenvalue weighted by Crippen LogP contribution is 2.13. The van der Waals surface area contributed by atoms with Gasteiger partial charge in [0.1, 0.15) is 5.75 Å². The summed E-state index contributed by atoms with van der Waals surface area (Å²) in [6.07, 6.45) is 0. The van der Waals surface area contributed by atoms with Gasteiger partial charge in [0.2, 0.25) is 5.91 Å². The zero-order chi connectivity index (χ0) is 8.27. The lowest BCUT2D eigenvalue weighted by Gasteiger charge is -1.99. The van der Waals surface area contributed by atoms with E-state index >= 15 is 0 Å². The molecule has 0 aliphatic rings. The number of anilines is 1. The second-order valence-electron chi connectivity index (χ2n) is 2.14. The van der Waals surface area contributed by atoms with Gasteiger partial charge in [-0.25, -0.2) is 0 Å². The van der Waals surface area contributed by atoms with Crippen molar-refractivity contribution in [3.05, 3.63) is 24.3 Å². The van der Waals surface area contributed by atoms with Crippen LogP contribution in [0.1, 0.15) is 6.92 Å². The molecular formula is C8H8NO2. The van der Waals surface area contributed by atoms with Crippen LogP contribution in [0.2, 0.25) is 0 Å². The lowest BCUT2D eigenvalue weighted by atomic mass is 10.3. The molecule has 1 rings (SSSR count). The van der Waals surface area contributed by atoms with Crippen LogP contribution in [0.25, 0.3) is 0 Å². The summed E-state index contributed by atoms with van der Waals surface area (Å²) in [5, 5.41) is 11.4. The predicted molar refractivity (Wildman–Crippen MR) is 41.2 cm³/mol. The van der Waals surface area contributed by atoms with Crippen LogP contribution in [0.3, 0.4) is 0 Å². The smallest absolute Gasteiger partial charge is 0.221 e. The third-order valence-electron chi connectivity index (χ3n) is 1.10. The first kappa shape index (κ1) is 7.60. The quantitative estimate of drug-likeness (QED) is 0.630. The SMILES string of the molecule is CC(=O)Nc1[c]ccc(O)c1. The van der Waals surface area contributed by atoms with E-state index in [0.717, 1.165) is 0 Å². The van der Waals surface area contributed by atoms with Crippen molar-refractivity contribution in [2.24, 2.45) is 0 Å². The van der Waals surface area contributed by atoms with Gasteiger partial charge in [-0.2, -0.15) is 0 Å². The van der Waals surface area contributed by atoms with Crippen molar-refractivity contribution in [2.75, 3.05) is 5.32 Å². The third-order valence-corrected chi connectivity index (χ3v) is 1.10. The maximum atomic E-state index is 10.5. The van der Waals surface area contributed by atoms with Crippen molar-refractivity contribution in [3.63, 3.8) is 0 Å². The molecule has 1 aromatic carbocycles. The minimum Gasteiger partial charge on any atom is -0.508 e. The van der Waals surface area contributed by atoms with Crippen molar-refractivity contribution in [2.45, 2.75) is 6.92 Å². The predicted octanol–water partition coefficient (Wildman–Crippen LogP) is 1.15. The maximum Gasteiger partial charge on any atom is 0.221 e. The highest BCUT2D eigenvalue weighted by molar-refractivity contribution is 5.88. The van der Waals surface area contributed by atoms with E-state index < -0.39 is 0 Å². The minimum atomic E-state index is -0.174. The Balaban J connectivity index is 2.79. The number of hydrogen-bond donors (Lipinski definition) is 2. The van der Waals surface area contributed by atoms with E-state index in [4.69, 9.17) is 5.11 Å². The van der Waals surface area contributed by atoms with Crippen molar-refractivity contribution in [1.82, 2.24) is 0 Å². The monoisotopic (exact) mass is 150 g/mol. The zero-order valence-electron chi connectivity index (χ0n) is 6.09. The molecule has 0 saturated carbocycles. The van der Waals surface area contributed by atoms with Crippen LogP contribution >= 0.6 is 0 Å². The van der Waals surface area contributed by atoms with Gasteiger partial charge in [0, 0.05) is 19.1 Å². The van der Waals surface area contributed by atoms with Crippen molar-refractivity contribution in [3.8, 4) is 5.75 Å². The molecular weight excluding hydrogens is 142 g/mol. The Hall–Kier alpha value is -1.51. The number of benzene rings is 1. The number of carbonyl (C=O) groups is 1. The Bertz CT molecular complexity index is 271. The Morgan fingerprint density at radius 2 is 2.45 bits per heavy atom. The summed E-state index contributed by atoms with van der Waals surface area (Å²) in [6.45, 7) is 1.40. The summed E-state index contributed by atoms with van der Waals surface area (Å²) in [5.74, 6) is -0.0562. The summed E-state index contributed by atoms with van der Waals surface area (Å²) in [5.41, 5.74) is 0.484. The van der Waals surface area contributed by atoms with Gasteiger partial charge < -0.3 is 10.4 Å². The van der Waals surface area contributed by atoms with E-state index in [9.17, 15) is 4.79 Å². The van der Waals surface area contributed by atoms with Gasteiger partial charge >= 0.3 is 0 Å². The molecule has 57 valence electrons. The number of aromatic hydroxyl groups is 1. The van der Waals surface area contributed by atoms with Crippen molar-refractivity contribution in [1.29, 1.82) is 0 Å². The Labute approximate surface area is 64.7 Å². The Kier molecular flexibility index (Phi) is 2.11. The first-order valence-electron chi connectivity index (χ1n) is 3.17. The Morgan fingerprint density at radius 1 is 1.73 bits per heavy atom. The summed E-state index contributed by atoms with van der Waals surface area (Å²) >= 11 is 0. The van der Waals surface area contributed by atoms with Crippen LogP contribution in [-0.4, -0.2) is 11.0 Å². The first-order valence-corrected chi connectivity index (χ1v) is 3.17. The summed E-state index contributed by atoms with van der Waals surface area (Å²) < 4.78 is 0. The van der Waals surface area contributed by atoms with Crippen LogP contribution in [0.15, 0.2) is 18.2 Å². The molecule has 0 aliphatic carbocycles. The second kappa shape index (κ2) is 3.05. The molecule has 1 amide bonds. The van der Waals surface area contributed by atoms with Gasteiger partial charge in [0.15, 0.2) is 0 Å². The standard InChI is InChI=1S/C8H8NO2/c1-6(10)9-7-3-2-4-8(11)5-7/h2,4-5,11H,1H3,(H,9,10). The van der Waals surface area contributed by atoms with Crippen molar-refractivity contribution >= 4 is 11.6 Å². The molecule has 0 saturated heterocycles. The largest absolute Gasteiger partial charge is 0.508 e. The molecule has 2 N–H and O–H groups in total. The molecule has 0 bridgehead atoms. The number of carbonyl (C=O) groups excluding carboxylic acids is 1. The molecule has 1 radical (unpaired) electrons. The molecule has 0 fully saturated rings. The first-order chi connectivity index (χ1) is 5.18. The normalized spacial score (nSPS) is 9.18. The molecule has 3 heteroatoms. The Morgan fingerprint density at radius 3 is 3.00 bits per heavy atom. The van der Waals surface area contributed by atoms with Crippen LogP contribution < -0.4 is 5.32 Å². The number of rotatable bonds is 1. The van der Waals surface area contributed by atoms with Crippen LogP contribution in [0.4, 0.5) is 5.69 Å².